The first-order chi connectivity index (χ1) is 17.4. The Labute approximate surface area is 206 Å². The van der Waals surface area contributed by atoms with Gasteiger partial charge in [-0.15, -0.1) is 0 Å². The van der Waals surface area contributed by atoms with Crippen LogP contribution in [0.5, 0.6) is 0 Å². The lowest BCUT2D eigenvalue weighted by Crippen LogP contribution is -2.27. The smallest absolute Gasteiger partial charge is 0.0933 e. The number of nitrogens with zero attached hydrogens (tertiary/aromatic N) is 2. The maximum atomic E-state index is 4.87. The Morgan fingerprint density at radius 3 is 1.83 bits per heavy atom. The van der Waals surface area contributed by atoms with Crippen molar-refractivity contribution in [3.8, 4) is 11.4 Å². The summed E-state index contributed by atoms with van der Waals surface area (Å²) in [6.45, 7) is 0. The average molecular weight is 449 g/mol. The monoisotopic (exact) mass is 448 g/mol. The lowest BCUT2D eigenvalue weighted by molar-refractivity contribution is 0.844. The van der Waals surface area contributed by atoms with E-state index in [1.807, 2.05) is 36.7 Å². The molecule has 1 atom stereocenters. The number of aromatic nitrogens is 2. The highest BCUT2D eigenvalue weighted by atomic mass is 14.8. The third-order valence-electron chi connectivity index (χ3n) is 6.66. The fraction of sp³-hybridized carbons (Fsp3) is 0.0303. The molecule has 6 rings (SSSR count). The summed E-state index contributed by atoms with van der Waals surface area (Å²) in [4.78, 5) is 9.55. The van der Waals surface area contributed by atoms with Crippen molar-refractivity contribution in [1.29, 1.82) is 0 Å². The lowest BCUT2D eigenvalue weighted by atomic mass is 9.68. The predicted octanol–water partition coefficient (Wildman–Crippen LogP) is 7.61. The van der Waals surface area contributed by atoms with E-state index in [2.05, 4.69) is 114 Å². The Balaban J connectivity index is 1.71. The van der Waals surface area contributed by atoms with E-state index < -0.39 is 5.41 Å². The largest absolute Gasteiger partial charge is 0.255 e. The number of hydrogen-bond acceptors (Lipinski definition) is 2. The fourth-order valence-corrected chi connectivity index (χ4v) is 5.10. The summed E-state index contributed by atoms with van der Waals surface area (Å²) in [6.07, 6.45) is 8.43. The van der Waals surface area contributed by atoms with Crippen LogP contribution in [0.3, 0.4) is 0 Å². The highest BCUT2D eigenvalue weighted by molar-refractivity contribution is 5.99. The molecule has 0 amide bonds. The second-order valence-electron chi connectivity index (χ2n) is 8.68. The molecule has 0 saturated carbocycles. The Bertz CT molecular complexity index is 1510. The van der Waals surface area contributed by atoms with Gasteiger partial charge in [-0.25, -0.2) is 0 Å². The first kappa shape index (κ1) is 21.0. The minimum absolute atomic E-state index is 0.533. The van der Waals surface area contributed by atoms with E-state index in [-0.39, 0.29) is 0 Å². The van der Waals surface area contributed by atoms with Gasteiger partial charge in [-0.2, -0.15) is 0 Å². The summed E-state index contributed by atoms with van der Waals surface area (Å²) in [5, 5.41) is 0. The van der Waals surface area contributed by atoms with E-state index in [9.17, 15) is 0 Å². The van der Waals surface area contributed by atoms with E-state index >= 15 is 0 Å². The van der Waals surface area contributed by atoms with Crippen LogP contribution in [-0.2, 0) is 5.41 Å². The van der Waals surface area contributed by atoms with Gasteiger partial charge >= 0.3 is 0 Å². The molecule has 0 saturated heterocycles. The zero-order valence-electron chi connectivity index (χ0n) is 19.3. The van der Waals surface area contributed by atoms with Crippen molar-refractivity contribution in [3.05, 3.63) is 168 Å². The van der Waals surface area contributed by atoms with Crippen molar-refractivity contribution in [2.45, 2.75) is 5.41 Å². The number of pyridine rings is 2. The fourth-order valence-electron chi connectivity index (χ4n) is 5.10. The molecule has 35 heavy (non-hydrogen) atoms. The second-order valence-corrected chi connectivity index (χ2v) is 8.68. The van der Waals surface area contributed by atoms with E-state index in [0.717, 1.165) is 17.0 Å². The first-order valence-corrected chi connectivity index (χ1v) is 11.8. The summed E-state index contributed by atoms with van der Waals surface area (Å²) in [5.41, 5.74) is 8.36. The van der Waals surface area contributed by atoms with Gasteiger partial charge in [-0.05, 0) is 57.7 Å². The van der Waals surface area contributed by atoms with Crippen LogP contribution < -0.4 is 0 Å². The summed E-state index contributed by atoms with van der Waals surface area (Å²) in [6, 6.07) is 42.2. The van der Waals surface area contributed by atoms with Gasteiger partial charge in [-0.3, -0.25) is 9.97 Å². The molecule has 1 aliphatic rings. The highest BCUT2D eigenvalue weighted by Gasteiger charge is 2.42. The molecule has 1 unspecified atom stereocenters. The molecular weight excluding hydrogens is 424 g/mol. The van der Waals surface area contributed by atoms with Crippen molar-refractivity contribution in [2.24, 2.45) is 0 Å². The molecule has 0 N–H and O–H groups in total. The van der Waals surface area contributed by atoms with Gasteiger partial charge in [0, 0.05) is 12.4 Å². The topological polar surface area (TPSA) is 25.8 Å². The van der Waals surface area contributed by atoms with Gasteiger partial charge in [0.15, 0.2) is 0 Å². The molecule has 0 aliphatic heterocycles. The van der Waals surface area contributed by atoms with Crippen molar-refractivity contribution < 1.29 is 0 Å². The SMILES string of the molecule is C1=C(c2ccccc2)C=C(c2ccccc2)C1(c1ccccc1)c1cccnc1-c1ccccn1. The van der Waals surface area contributed by atoms with E-state index in [1.54, 1.807) is 0 Å². The lowest BCUT2D eigenvalue weighted by Gasteiger charge is -2.34. The van der Waals surface area contributed by atoms with Gasteiger partial charge in [0.2, 0.25) is 0 Å². The maximum absolute atomic E-state index is 4.87. The molecule has 2 heterocycles. The maximum Gasteiger partial charge on any atom is 0.0933 e. The van der Waals surface area contributed by atoms with Crippen LogP contribution in [0, 0.1) is 0 Å². The van der Waals surface area contributed by atoms with E-state index in [4.69, 9.17) is 4.98 Å². The Morgan fingerprint density at radius 2 is 1.14 bits per heavy atom. The molecule has 0 bridgehead atoms. The van der Waals surface area contributed by atoms with Crippen molar-refractivity contribution in [1.82, 2.24) is 9.97 Å². The minimum atomic E-state index is -0.533. The van der Waals surface area contributed by atoms with Gasteiger partial charge in [0.25, 0.3) is 0 Å². The second kappa shape index (κ2) is 9.00. The van der Waals surface area contributed by atoms with Gasteiger partial charge in [0.1, 0.15) is 0 Å². The Kier molecular flexibility index (Phi) is 5.40. The van der Waals surface area contributed by atoms with Crippen LogP contribution in [-0.4, -0.2) is 9.97 Å². The number of hydrogen-bond donors (Lipinski definition) is 0. The summed E-state index contributed by atoms with van der Waals surface area (Å²) < 4.78 is 0. The molecular formula is C33H24N2. The van der Waals surface area contributed by atoms with Crippen LogP contribution in [0.2, 0.25) is 0 Å². The van der Waals surface area contributed by atoms with Crippen molar-refractivity contribution >= 4 is 11.1 Å². The molecule has 0 radical (unpaired) electrons. The van der Waals surface area contributed by atoms with Crippen molar-refractivity contribution in [2.75, 3.05) is 0 Å². The third kappa shape index (κ3) is 3.70. The first-order valence-electron chi connectivity index (χ1n) is 11.8. The molecule has 5 aromatic rings. The van der Waals surface area contributed by atoms with Crippen LogP contribution in [0.1, 0.15) is 22.3 Å². The van der Waals surface area contributed by atoms with Crippen LogP contribution in [0.4, 0.5) is 0 Å². The quantitative estimate of drug-likeness (QED) is 0.276. The summed E-state index contributed by atoms with van der Waals surface area (Å²) >= 11 is 0. The minimum Gasteiger partial charge on any atom is -0.255 e. The van der Waals surface area contributed by atoms with Crippen LogP contribution >= 0.6 is 0 Å². The molecule has 0 spiro atoms. The molecule has 0 fully saturated rings. The normalized spacial score (nSPS) is 17.0. The molecule has 2 nitrogen and oxygen atoms in total. The van der Waals surface area contributed by atoms with Crippen molar-refractivity contribution in [3.63, 3.8) is 0 Å². The van der Waals surface area contributed by atoms with Gasteiger partial charge in [0.05, 0.1) is 16.8 Å². The predicted molar refractivity (Wildman–Crippen MR) is 144 cm³/mol. The third-order valence-corrected chi connectivity index (χ3v) is 6.66. The summed E-state index contributed by atoms with van der Waals surface area (Å²) in [5.74, 6) is 0. The van der Waals surface area contributed by atoms with Gasteiger partial charge in [-0.1, -0.05) is 109 Å². The van der Waals surface area contributed by atoms with Crippen LogP contribution in [0.15, 0.2) is 146 Å². The Hall–Kier alpha value is -4.56. The summed E-state index contributed by atoms with van der Waals surface area (Å²) in [7, 11) is 0. The molecule has 166 valence electrons. The number of allylic oxidation sites excluding steroid dienone is 4. The van der Waals surface area contributed by atoms with Gasteiger partial charge < -0.3 is 0 Å². The standard InChI is InChI=1S/C33H24N2/c1-4-13-25(14-5-1)27-23-30(26-15-6-2-7-16-26)33(24-27,28-17-8-3-9-18-28)29-19-12-22-35-32(29)31-20-10-11-21-34-31/h1-24H. The Morgan fingerprint density at radius 1 is 0.514 bits per heavy atom. The zero-order valence-corrected chi connectivity index (χ0v) is 19.3. The van der Waals surface area contributed by atoms with E-state index in [0.29, 0.717) is 0 Å². The molecule has 2 aromatic heterocycles. The molecule has 3 aromatic carbocycles. The molecule has 1 aliphatic carbocycles. The molecule has 2 heteroatoms. The number of rotatable bonds is 5. The van der Waals surface area contributed by atoms with E-state index in [1.165, 1.54) is 27.8 Å². The van der Waals surface area contributed by atoms with Crippen LogP contribution in [0.25, 0.3) is 22.5 Å². The highest BCUT2D eigenvalue weighted by Crippen LogP contribution is 2.53. The average Bonchev–Trinajstić information content (AvgIpc) is 3.37. The number of benzene rings is 3. The zero-order chi connectivity index (χ0) is 23.5.